The van der Waals surface area contributed by atoms with E-state index in [0.29, 0.717) is 6.04 Å². The van der Waals surface area contributed by atoms with E-state index in [1.807, 2.05) is 0 Å². The van der Waals surface area contributed by atoms with Crippen molar-refractivity contribution in [1.82, 2.24) is 4.90 Å². The van der Waals surface area contributed by atoms with Crippen LogP contribution in [-0.2, 0) is 9.47 Å². The van der Waals surface area contributed by atoms with E-state index >= 15 is 0 Å². The second-order valence-electron chi connectivity index (χ2n) is 6.37. The van der Waals surface area contributed by atoms with Crippen molar-refractivity contribution in [2.45, 2.75) is 56.7 Å². The van der Waals surface area contributed by atoms with Crippen LogP contribution in [0.5, 0.6) is 0 Å². The Morgan fingerprint density at radius 2 is 1.94 bits per heavy atom. The van der Waals surface area contributed by atoms with E-state index in [2.05, 4.69) is 25.8 Å². The van der Waals surface area contributed by atoms with Crippen molar-refractivity contribution in [1.29, 1.82) is 0 Å². The molecule has 4 heteroatoms. The summed E-state index contributed by atoms with van der Waals surface area (Å²) in [5.41, 5.74) is -0.130. The van der Waals surface area contributed by atoms with Crippen molar-refractivity contribution < 1.29 is 14.6 Å². The molecule has 1 unspecified atom stereocenters. The summed E-state index contributed by atoms with van der Waals surface area (Å²) in [7, 11) is 2.12. The Morgan fingerprint density at radius 1 is 1.28 bits per heavy atom. The van der Waals surface area contributed by atoms with Crippen molar-refractivity contribution in [3.8, 4) is 0 Å². The van der Waals surface area contributed by atoms with Crippen molar-refractivity contribution in [2.24, 2.45) is 0 Å². The zero-order valence-corrected chi connectivity index (χ0v) is 11.9. The molecule has 0 aromatic carbocycles. The Balaban J connectivity index is 2.02. The van der Waals surface area contributed by atoms with E-state index in [9.17, 15) is 5.11 Å². The molecule has 18 heavy (non-hydrogen) atoms. The van der Waals surface area contributed by atoms with Gasteiger partial charge in [0.1, 0.15) is 0 Å². The molecule has 2 heterocycles. The monoisotopic (exact) mass is 257 g/mol. The fraction of sp³-hybridized carbons (Fsp3) is 1.00. The third-order valence-corrected chi connectivity index (χ3v) is 4.76. The average molecular weight is 257 g/mol. The summed E-state index contributed by atoms with van der Waals surface area (Å²) >= 11 is 0. The lowest BCUT2D eigenvalue weighted by Crippen LogP contribution is -2.56. The van der Waals surface area contributed by atoms with Crippen molar-refractivity contribution in [3.05, 3.63) is 0 Å². The summed E-state index contributed by atoms with van der Waals surface area (Å²) in [6.07, 6.45) is 4.15. The maximum absolute atomic E-state index is 9.50. The molecule has 2 fully saturated rings. The zero-order valence-electron chi connectivity index (χ0n) is 11.9. The number of hydrogen-bond acceptors (Lipinski definition) is 4. The molecule has 0 aromatic heterocycles. The number of hydrogen-bond donors (Lipinski definition) is 1. The quantitative estimate of drug-likeness (QED) is 0.830. The van der Waals surface area contributed by atoms with Gasteiger partial charge in [0.2, 0.25) is 0 Å². The highest BCUT2D eigenvalue weighted by Crippen LogP contribution is 2.37. The first-order chi connectivity index (χ1) is 8.49. The third-order valence-electron chi connectivity index (χ3n) is 4.76. The fourth-order valence-corrected chi connectivity index (χ4v) is 3.03. The smallest absolute Gasteiger partial charge is 0.0741 e. The molecular weight excluding hydrogens is 230 g/mol. The van der Waals surface area contributed by atoms with Crippen LogP contribution in [0.1, 0.15) is 39.5 Å². The lowest BCUT2D eigenvalue weighted by Gasteiger charge is -2.49. The summed E-state index contributed by atoms with van der Waals surface area (Å²) < 4.78 is 11.5. The van der Waals surface area contributed by atoms with E-state index < -0.39 is 0 Å². The average Bonchev–Trinajstić information content (AvgIpc) is 2.39. The van der Waals surface area contributed by atoms with Crippen LogP contribution >= 0.6 is 0 Å². The highest BCUT2D eigenvalue weighted by Gasteiger charge is 2.42. The Hall–Kier alpha value is -0.160. The highest BCUT2D eigenvalue weighted by atomic mass is 16.5. The number of rotatable bonds is 3. The second-order valence-corrected chi connectivity index (χ2v) is 6.37. The Kier molecular flexibility index (Phi) is 4.32. The van der Waals surface area contributed by atoms with Crippen LogP contribution in [0.25, 0.3) is 0 Å². The molecule has 0 bridgehead atoms. The lowest BCUT2D eigenvalue weighted by atomic mass is 9.82. The van der Waals surface area contributed by atoms with Crippen LogP contribution in [0, 0.1) is 0 Å². The van der Waals surface area contributed by atoms with Crippen LogP contribution in [0.3, 0.4) is 0 Å². The molecule has 2 saturated heterocycles. The van der Waals surface area contributed by atoms with Crippen molar-refractivity contribution >= 4 is 0 Å². The van der Waals surface area contributed by atoms with Gasteiger partial charge in [-0.2, -0.15) is 0 Å². The predicted molar refractivity (Wildman–Crippen MR) is 70.7 cm³/mol. The number of ether oxygens (including phenoxy) is 2. The van der Waals surface area contributed by atoms with Crippen molar-refractivity contribution in [3.63, 3.8) is 0 Å². The molecule has 106 valence electrons. The van der Waals surface area contributed by atoms with E-state index in [1.54, 1.807) is 0 Å². The van der Waals surface area contributed by atoms with Gasteiger partial charge in [-0.25, -0.2) is 0 Å². The molecule has 0 aliphatic carbocycles. The minimum atomic E-state index is -0.158. The largest absolute Gasteiger partial charge is 0.394 e. The molecule has 0 aromatic rings. The Labute approximate surface area is 110 Å². The molecule has 1 spiro atoms. The topological polar surface area (TPSA) is 41.9 Å². The Bertz CT molecular complexity index is 269. The Morgan fingerprint density at radius 3 is 2.56 bits per heavy atom. The number of aliphatic hydroxyl groups is 1. The molecule has 4 nitrogen and oxygen atoms in total. The van der Waals surface area contributed by atoms with Crippen molar-refractivity contribution in [2.75, 3.05) is 33.5 Å². The predicted octanol–water partition coefficient (Wildman–Crippen LogP) is 1.42. The molecule has 1 N–H and O–H groups in total. The van der Waals surface area contributed by atoms with Gasteiger partial charge in [0.15, 0.2) is 0 Å². The van der Waals surface area contributed by atoms with Gasteiger partial charge in [-0.3, -0.25) is 4.90 Å². The lowest BCUT2D eigenvalue weighted by molar-refractivity contribution is -0.157. The van der Waals surface area contributed by atoms with Crippen LogP contribution in [0.2, 0.25) is 0 Å². The van der Waals surface area contributed by atoms with Crippen LogP contribution in [-0.4, -0.2) is 60.7 Å². The minimum Gasteiger partial charge on any atom is -0.394 e. The molecule has 0 radical (unpaired) electrons. The summed E-state index contributed by atoms with van der Waals surface area (Å²) in [5.74, 6) is 0. The molecular formula is C14H27NO3. The molecule has 0 saturated carbocycles. The first-order valence-corrected chi connectivity index (χ1v) is 7.05. The third kappa shape index (κ3) is 2.87. The maximum atomic E-state index is 9.50. The van der Waals surface area contributed by atoms with Crippen LogP contribution in [0.4, 0.5) is 0 Å². The van der Waals surface area contributed by atoms with Gasteiger partial charge in [0, 0.05) is 31.4 Å². The molecule has 0 amide bonds. The first kappa shape index (κ1) is 14.3. The van der Waals surface area contributed by atoms with Gasteiger partial charge < -0.3 is 14.6 Å². The van der Waals surface area contributed by atoms with E-state index in [1.165, 1.54) is 0 Å². The van der Waals surface area contributed by atoms with Gasteiger partial charge in [0.05, 0.1) is 12.2 Å². The fourth-order valence-electron chi connectivity index (χ4n) is 3.03. The summed E-state index contributed by atoms with van der Waals surface area (Å²) in [4.78, 5) is 2.33. The molecule has 2 aliphatic rings. The standard InChI is InChI=1S/C14H27NO3/c1-13(2,11-16)15(3)12-4-7-18-14(10-12)5-8-17-9-6-14/h12,16H,4-11H2,1-3H3. The molecule has 2 aliphatic heterocycles. The molecule has 2 rings (SSSR count). The van der Waals surface area contributed by atoms with Crippen LogP contribution < -0.4 is 0 Å². The number of likely N-dealkylation sites (N-methyl/N-ethyl adjacent to an activating group) is 1. The van der Waals surface area contributed by atoms with E-state index in [0.717, 1.165) is 45.5 Å². The highest BCUT2D eigenvalue weighted by molar-refractivity contribution is 4.94. The molecule has 1 atom stereocenters. The van der Waals surface area contributed by atoms with Gasteiger partial charge in [-0.15, -0.1) is 0 Å². The summed E-state index contributed by atoms with van der Waals surface area (Å²) in [5, 5.41) is 9.50. The minimum absolute atomic E-state index is 0.0287. The summed E-state index contributed by atoms with van der Waals surface area (Å²) in [6.45, 7) is 6.85. The maximum Gasteiger partial charge on any atom is 0.0741 e. The summed E-state index contributed by atoms with van der Waals surface area (Å²) in [6, 6.07) is 0.499. The van der Waals surface area contributed by atoms with E-state index in [-0.39, 0.29) is 17.7 Å². The number of aliphatic hydroxyl groups excluding tert-OH is 1. The van der Waals surface area contributed by atoms with Gasteiger partial charge in [0.25, 0.3) is 0 Å². The number of nitrogens with zero attached hydrogens (tertiary/aromatic N) is 1. The van der Waals surface area contributed by atoms with Crippen LogP contribution in [0.15, 0.2) is 0 Å². The van der Waals surface area contributed by atoms with Gasteiger partial charge in [-0.05, 0) is 46.6 Å². The normalized spacial score (nSPS) is 28.8. The second kappa shape index (κ2) is 5.45. The van der Waals surface area contributed by atoms with Gasteiger partial charge >= 0.3 is 0 Å². The van der Waals surface area contributed by atoms with Gasteiger partial charge in [-0.1, -0.05) is 0 Å². The first-order valence-electron chi connectivity index (χ1n) is 7.05. The zero-order chi connectivity index (χ0) is 13.2. The SMILES string of the molecule is CN(C1CCOC2(CCOCC2)C1)C(C)(C)CO. The van der Waals surface area contributed by atoms with E-state index in [4.69, 9.17) is 9.47 Å².